The SMILES string of the molecule is COC(=O)c1cc(-c2ccccn2)n(-c2ccccc2)n1. The van der Waals surface area contributed by atoms with Gasteiger partial charge in [0.15, 0.2) is 5.69 Å². The molecule has 0 saturated carbocycles. The van der Waals surface area contributed by atoms with E-state index >= 15 is 0 Å². The Morgan fingerprint density at radius 1 is 1.10 bits per heavy atom. The molecule has 0 atom stereocenters. The third-order valence-corrected chi connectivity index (χ3v) is 3.03. The lowest BCUT2D eigenvalue weighted by Gasteiger charge is -2.06. The van der Waals surface area contributed by atoms with Crippen LogP contribution < -0.4 is 0 Å². The third-order valence-electron chi connectivity index (χ3n) is 3.03. The largest absolute Gasteiger partial charge is 0.464 e. The van der Waals surface area contributed by atoms with E-state index in [1.165, 1.54) is 7.11 Å². The van der Waals surface area contributed by atoms with Gasteiger partial charge in [-0.3, -0.25) is 4.98 Å². The second kappa shape index (κ2) is 5.58. The first-order chi connectivity index (χ1) is 10.3. The summed E-state index contributed by atoms with van der Waals surface area (Å²) in [6.07, 6.45) is 1.70. The molecule has 104 valence electrons. The molecular formula is C16H13N3O2. The monoisotopic (exact) mass is 279 g/mol. The average molecular weight is 279 g/mol. The van der Waals surface area contributed by atoms with Crippen molar-refractivity contribution in [2.75, 3.05) is 7.11 Å². The molecular weight excluding hydrogens is 266 g/mol. The molecule has 0 spiro atoms. The molecule has 0 aliphatic carbocycles. The van der Waals surface area contributed by atoms with Crippen LogP contribution >= 0.6 is 0 Å². The van der Waals surface area contributed by atoms with Gasteiger partial charge in [-0.1, -0.05) is 24.3 Å². The van der Waals surface area contributed by atoms with Crippen LogP contribution in [-0.4, -0.2) is 27.8 Å². The quantitative estimate of drug-likeness (QED) is 0.692. The predicted molar refractivity (Wildman–Crippen MR) is 78.1 cm³/mol. The van der Waals surface area contributed by atoms with Gasteiger partial charge in [-0.25, -0.2) is 9.48 Å². The molecule has 2 aromatic heterocycles. The molecule has 0 bridgehead atoms. The van der Waals surface area contributed by atoms with Gasteiger partial charge in [-0.15, -0.1) is 0 Å². The van der Waals surface area contributed by atoms with Gasteiger partial charge in [0.25, 0.3) is 0 Å². The molecule has 0 N–H and O–H groups in total. The van der Waals surface area contributed by atoms with E-state index in [1.807, 2.05) is 48.5 Å². The summed E-state index contributed by atoms with van der Waals surface area (Å²) in [5, 5.41) is 4.33. The number of para-hydroxylation sites is 1. The number of methoxy groups -OCH3 is 1. The van der Waals surface area contributed by atoms with Gasteiger partial charge in [-0.05, 0) is 24.3 Å². The van der Waals surface area contributed by atoms with Crippen LogP contribution in [0, 0.1) is 0 Å². The zero-order valence-electron chi connectivity index (χ0n) is 11.4. The minimum atomic E-state index is -0.470. The molecule has 0 amide bonds. The fourth-order valence-corrected chi connectivity index (χ4v) is 2.05. The number of carbonyl (C=O) groups is 1. The van der Waals surface area contributed by atoms with E-state index in [1.54, 1.807) is 16.9 Å². The van der Waals surface area contributed by atoms with E-state index in [-0.39, 0.29) is 5.69 Å². The lowest BCUT2D eigenvalue weighted by molar-refractivity contribution is 0.0593. The summed E-state index contributed by atoms with van der Waals surface area (Å²) >= 11 is 0. The number of pyridine rings is 1. The molecule has 0 aliphatic rings. The van der Waals surface area contributed by atoms with Crippen LogP contribution in [0.4, 0.5) is 0 Å². The summed E-state index contributed by atoms with van der Waals surface area (Å²) in [6.45, 7) is 0. The highest BCUT2D eigenvalue weighted by Crippen LogP contribution is 2.22. The van der Waals surface area contributed by atoms with Crippen molar-refractivity contribution in [1.29, 1.82) is 0 Å². The van der Waals surface area contributed by atoms with Crippen LogP contribution in [0.3, 0.4) is 0 Å². The molecule has 0 fully saturated rings. The van der Waals surface area contributed by atoms with Crippen molar-refractivity contribution in [3.05, 3.63) is 66.5 Å². The Balaban J connectivity index is 2.18. The Bertz CT molecular complexity index is 695. The van der Waals surface area contributed by atoms with Crippen molar-refractivity contribution < 1.29 is 9.53 Å². The van der Waals surface area contributed by atoms with Crippen molar-refractivity contribution in [2.45, 2.75) is 0 Å². The zero-order chi connectivity index (χ0) is 14.7. The molecule has 1 aromatic carbocycles. The number of benzene rings is 1. The molecule has 5 heteroatoms. The highest BCUT2D eigenvalue weighted by Gasteiger charge is 2.17. The molecule has 2 heterocycles. The summed E-state index contributed by atoms with van der Waals surface area (Å²) in [6, 6.07) is 16.9. The zero-order valence-corrected chi connectivity index (χ0v) is 11.4. The number of hydrogen-bond donors (Lipinski definition) is 0. The fraction of sp³-hybridized carbons (Fsp3) is 0.0625. The fourth-order valence-electron chi connectivity index (χ4n) is 2.05. The average Bonchev–Trinajstić information content (AvgIpc) is 3.01. The van der Waals surface area contributed by atoms with Crippen molar-refractivity contribution in [3.63, 3.8) is 0 Å². The predicted octanol–water partition coefficient (Wildman–Crippen LogP) is 2.72. The summed E-state index contributed by atoms with van der Waals surface area (Å²) < 4.78 is 6.43. The first-order valence-electron chi connectivity index (χ1n) is 6.45. The van der Waals surface area contributed by atoms with Crippen molar-refractivity contribution >= 4 is 5.97 Å². The Kier molecular flexibility index (Phi) is 3.47. The van der Waals surface area contributed by atoms with Crippen LogP contribution in [-0.2, 0) is 4.74 Å². The van der Waals surface area contributed by atoms with E-state index in [0.717, 1.165) is 17.1 Å². The van der Waals surface area contributed by atoms with Crippen molar-refractivity contribution in [1.82, 2.24) is 14.8 Å². The van der Waals surface area contributed by atoms with Crippen LogP contribution in [0.2, 0.25) is 0 Å². The number of rotatable bonds is 3. The number of aromatic nitrogens is 3. The summed E-state index contributed by atoms with van der Waals surface area (Å²) in [5.74, 6) is -0.470. The van der Waals surface area contributed by atoms with Crippen LogP contribution in [0.5, 0.6) is 0 Å². The molecule has 0 saturated heterocycles. The smallest absolute Gasteiger partial charge is 0.358 e. The van der Waals surface area contributed by atoms with E-state index in [4.69, 9.17) is 4.74 Å². The van der Waals surface area contributed by atoms with Gasteiger partial charge >= 0.3 is 5.97 Å². The van der Waals surface area contributed by atoms with Gasteiger partial charge in [0.2, 0.25) is 0 Å². The molecule has 0 radical (unpaired) electrons. The lowest BCUT2D eigenvalue weighted by atomic mass is 10.2. The summed E-state index contributed by atoms with van der Waals surface area (Å²) in [5.41, 5.74) is 2.58. The Morgan fingerprint density at radius 3 is 2.52 bits per heavy atom. The van der Waals surface area contributed by atoms with Crippen molar-refractivity contribution in [3.8, 4) is 17.1 Å². The Hall–Kier alpha value is -2.95. The van der Waals surface area contributed by atoms with E-state index < -0.39 is 5.97 Å². The highest BCUT2D eigenvalue weighted by atomic mass is 16.5. The molecule has 21 heavy (non-hydrogen) atoms. The van der Waals surface area contributed by atoms with Crippen LogP contribution in [0.25, 0.3) is 17.1 Å². The highest BCUT2D eigenvalue weighted by molar-refractivity contribution is 5.88. The molecule has 0 unspecified atom stereocenters. The van der Waals surface area contributed by atoms with E-state index in [2.05, 4.69) is 10.1 Å². The molecule has 5 nitrogen and oxygen atoms in total. The number of ether oxygens (including phenoxy) is 1. The Labute approximate surface area is 121 Å². The van der Waals surface area contributed by atoms with Gasteiger partial charge in [-0.2, -0.15) is 5.10 Å². The topological polar surface area (TPSA) is 57.0 Å². The first-order valence-corrected chi connectivity index (χ1v) is 6.45. The van der Waals surface area contributed by atoms with Gasteiger partial charge < -0.3 is 4.74 Å². The van der Waals surface area contributed by atoms with Crippen LogP contribution in [0.1, 0.15) is 10.5 Å². The third kappa shape index (κ3) is 2.53. The minimum absolute atomic E-state index is 0.252. The minimum Gasteiger partial charge on any atom is -0.464 e. The summed E-state index contributed by atoms with van der Waals surface area (Å²) in [7, 11) is 1.34. The van der Waals surface area contributed by atoms with Gasteiger partial charge in [0, 0.05) is 12.3 Å². The standard InChI is InChI=1S/C16H13N3O2/c1-21-16(20)14-11-15(13-9-5-6-10-17-13)19(18-14)12-7-3-2-4-8-12/h2-11H,1H3. The van der Waals surface area contributed by atoms with E-state index in [0.29, 0.717) is 0 Å². The van der Waals surface area contributed by atoms with Crippen molar-refractivity contribution in [2.24, 2.45) is 0 Å². The first kappa shape index (κ1) is 13.1. The maximum absolute atomic E-state index is 11.7. The maximum atomic E-state index is 11.7. The Morgan fingerprint density at radius 2 is 1.86 bits per heavy atom. The summed E-state index contributed by atoms with van der Waals surface area (Å²) in [4.78, 5) is 16.0. The second-order valence-electron chi connectivity index (χ2n) is 4.37. The molecule has 0 aliphatic heterocycles. The molecule has 3 rings (SSSR count). The number of esters is 1. The molecule has 3 aromatic rings. The maximum Gasteiger partial charge on any atom is 0.358 e. The van der Waals surface area contributed by atoms with Crippen LogP contribution in [0.15, 0.2) is 60.8 Å². The number of carbonyl (C=O) groups excluding carboxylic acids is 1. The van der Waals surface area contributed by atoms with Gasteiger partial charge in [0.1, 0.15) is 0 Å². The normalized spacial score (nSPS) is 10.3. The number of nitrogens with zero attached hydrogens (tertiary/aromatic N) is 3. The lowest BCUT2D eigenvalue weighted by Crippen LogP contribution is -2.04. The van der Waals surface area contributed by atoms with E-state index in [9.17, 15) is 4.79 Å². The second-order valence-corrected chi connectivity index (χ2v) is 4.37. The van der Waals surface area contributed by atoms with Gasteiger partial charge in [0.05, 0.1) is 24.2 Å². The number of hydrogen-bond acceptors (Lipinski definition) is 4.